The molecule has 2 atom stereocenters. The van der Waals surface area contributed by atoms with Gasteiger partial charge in [-0.15, -0.1) is 0 Å². The fourth-order valence-electron chi connectivity index (χ4n) is 2.22. The molecule has 0 amide bonds. The highest BCUT2D eigenvalue weighted by molar-refractivity contribution is 5.89. The Hall–Kier alpha value is -1.56. The zero-order valence-electron chi connectivity index (χ0n) is 10.7. The molecule has 1 aromatic carbocycles. The largest absolute Gasteiger partial charge is 0.456 e. The summed E-state index contributed by atoms with van der Waals surface area (Å²) in [7, 11) is 0. The Morgan fingerprint density at radius 3 is 2.30 bits per heavy atom. The lowest BCUT2D eigenvalue weighted by Crippen LogP contribution is -2.34. The van der Waals surface area contributed by atoms with Crippen LogP contribution in [0.15, 0.2) is 24.3 Å². The van der Waals surface area contributed by atoms with Crippen molar-refractivity contribution in [2.45, 2.75) is 44.1 Å². The van der Waals surface area contributed by atoms with E-state index in [9.17, 15) is 23.1 Å². The van der Waals surface area contributed by atoms with Gasteiger partial charge in [-0.3, -0.25) is 0 Å². The highest BCUT2D eigenvalue weighted by Gasteiger charge is 2.31. The van der Waals surface area contributed by atoms with Crippen molar-refractivity contribution in [1.29, 1.82) is 0 Å². The number of ether oxygens (including phenoxy) is 1. The number of esters is 1. The molecule has 1 aliphatic rings. The molecule has 1 fully saturated rings. The van der Waals surface area contributed by atoms with Gasteiger partial charge in [0.1, 0.15) is 6.10 Å². The topological polar surface area (TPSA) is 46.5 Å². The number of benzene rings is 1. The second kappa shape index (κ2) is 5.83. The molecule has 1 aromatic rings. The summed E-state index contributed by atoms with van der Waals surface area (Å²) in [6, 6.07) is 3.85. The molecule has 1 aliphatic carbocycles. The number of rotatable bonds is 2. The Morgan fingerprint density at radius 2 is 1.75 bits per heavy atom. The van der Waals surface area contributed by atoms with Crippen molar-refractivity contribution in [3.63, 3.8) is 0 Å². The number of aliphatic hydroxyl groups is 1. The van der Waals surface area contributed by atoms with E-state index in [2.05, 4.69) is 0 Å². The number of halogens is 3. The quantitative estimate of drug-likeness (QED) is 0.850. The van der Waals surface area contributed by atoms with Crippen LogP contribution in [0.4, 0.5) is 13.2 Å². The first kappa shape index (κ1) is 14.8. The monoisotopic (exact) mass is 288 g/mol. The molecule has 0 aromatic heterocycles. The van der Waals surface area contributed by atoms with E-state index < -0.39 is 29.9 Å². The molecule has 0 saturated heterocycles. The molecule has 0 heterocycles. The average Bonchev–Trinajstić information content (AvgIpc) is 2.40. The molecule has 0 aliphatic heterocycles. The van der Waals surface area contributed by atoms with Gasteiger partial charge in [-0.2, -0.15) is 13.2 Å². The predicted molar refractivity (Wildman–Crippen MR) is 65.1 cm³/mol. The Balaban J connectivity index is 2.02. The predicted octanol–water partition coefficient (Wildman–Crippen LogP) is 3.17. The van der Waals surface area contributed by atoms with Crippen LogP contribution in [0.1, 0.15) is 41.6 Å². The minimum Gasteiger partial charge on any atom is -0.456 e. The van der Waals surface area contributed by atoms with E-state index in [0.717, 1.165) is 37.1 Å². The van der Waals surface area contributed by atoms with Gasteiger partial charge in [-0.25, -0.2) is 4.79 Å². The van der Waals surface area contributed by atoms with Gasteiger partial charge in [0.15, 0.2) is 0 Å². The molecule has 0 bridgehead atoms. The van der Waals surface area contributed by atoms with Crippen molar-refractivity contribution < 1.29 is 27.8 Å². The minimum absolute atomic E-state index is 0.0516. The van der Waals surface area contributed by atoms with E-state index in [-0.39, 0.29) is 5.56 Å². The maximum absolute atomic E-state index is 12.4. The number of alkyl halides is 3. The lowest BCUT2D eigenvalue weighted by atomic mass is 9.95. The number of aliphatic hydroxyl groups excluding tert-OH is 1. The van der Waals surface area contributed by atoms with E-state index in [4.69, 9.17) is 4.74 Å². The first-order chi connectivity index (χ1) is 9.38. The highest BCUT2D eigenvalue weighted by Crippen LogP contribution is 2.29. The molecule has 2 rings (SSSR count). The number of hydrogen-bond acceptors (Lipinski definition) is 3. The van der Waals surface area contributed by atoms with Gasteiger partial charge in [-0.1, -0.05) is 6.42 Å². The summed E-state index contributed by atoms with van der Waals surface area (Å²) in [5.74, 6) is -0.704. The zero-order valence-corrected chi connectivity index (χ0v) is 10.7. The summed E-state index contributed by atoms with van der Waals surface area (Å²) >= 11 is 0. The fraction of sp³-hybridized carbons (Fsp3) is 0.500. The van der Waals surface area contributed by atoms with Gasteiger partial charge in [0.05, 0.1) is 17.2 Å². The van der Waals surface area contributed by atoms with Gasteiger partial charge >= 0.3 is 12.1 Å². The van der Waals surface area contributed by atoms with Crippen LogP contribution in [0.25, 0.3) is 0 Å². The average molecular weight is 288 g/mol. The Labute approximate surface area is 114 Å². The molecular formula is C14H15F3O3. The van der Waals surface area contributed by atoms with Gasteiger partial charge in [0.25, 0.3) is 0 Å². The standard InChI is InChI=1S/C14H15F3O3/c15-14(16,17)10-7-5-9(6-8-10)13(19)20-12-4-2-1-3-11(12)18/h5-8,11-12,18H,1-4H2/t11-,12-/m0/s1. The van der Waals surface area contributed by atoms with E-state index >= 15 is 0 Å². The molecule has 0 spiro atoms. The molecule has 110 valence electrons. The van der Waals surface area contributed by atoms with Gasteiger partial charge in [-0.05, 0) is 43.5 Å². The van der Waals surface area contributed by atoms with E-state index in [1.165, 1.54) is 0 Å². The third-order valence-electron chi connectivity index (χ3n) is 3.37. The smallest absolute Gasteiger partial charge is 0.416 e. The third-order valence-corrected chi connectivity index (χ3v) is 3.37. The number of carbonyl (C=O) groups is 1. The molecule has 0 radical (unpaired) electrons. The Kier molecular flexibility index (Phi) is 4.32. The van der Waals surface area contributed by atoms with E-state index in [0.29, 0.717) is 12.8 Å². The SMILES string of the molecule is O=C(O[C@H]1CCCC[C@@H]1O)c1ccc(C(F)(F)F)cc1. The molecule has 1 N–H and O–H groups in total. The van der Waals surface area contributed by atoms with E-state index in [1.807, 2.05) is 0 Å². The Bertz CT molecular complexity index is 468. The number of carbonyl (C=O) groups excluding carboxylic acids is 1. The van der Waals surface area contributed by atoms with Crippen LogP contribution in [0.3, 0.4) is 0 Å². The van der Waals surface area contributed by atoms with Crippen molar-refractivity contribution >= 4 is 5.97 Å². The van der Waals surface area contributed by atoms with Crippen molar-refractivity contribution in [2.24, 2.45) is 0 Å². The van der Waals surface area contributed by atoms with Crippen molar-refractivity contribution in [3.8, 4) is 0 Å². The molecular weight excluding hydrogens is 273 g/mol. The van der Waals surface area contributed by atoms with Crippen LogP contribution >= 0.6 is 0 Å². The summed E-state index contributed by atoms with van der Waals surface area (Å²) in [6.45, 7) is 0. The summed E-state index contributed by atoms with van der Waals surface area (Å²) in [5.41, 5.74) is -0.762. The van der Waals surface area contributed by atoms with Crippen molar-refractivity contribution in [2.75, 3.05) is 0 Å². The van der Waals surface area contributed by atoms with Crippen molar-refractivity contribution in [3.05, 3.63) is 35.4 Å². The minimum atomic E-state index is -4.43. The van der Waals surface area contributed by atoms with Crippen LogP contribution in [0, 0.1) is 0 Å². The third kappa shape index (κ3) is 3.50. The van der Waals surface area contributed by atoms with Crippen LogP contribution in [-0.4, -0.2) is 23.3 Å². The first-order valence-corrected chi connectivity index (χ1v) is 6.44. The molecule has 20 heavy (non-hydrogen) atoms. The molecule has 0 unspecified atom stereocenters. The summed E-state index contributed by atoms with van der Waals surface area (Å²) in [4.78, 5) is 11.8. The summed E-state index contributed by atoms with van der Waals surface area (Å²) < 4.78 is 42.3. The van der Waals surface area contributed by atoms with Gasteiger partial charge < -0.3 is 9.84 Å². The van der Waals surface area contributed by atoms with Crippen molar-refractivity contribution in [1.82, 2.24) is 0 Å². The summed E-state index contributed by atoms with van der Waals surface area (Å²) in [6.07, 6.45) is -2.79. The van der Waals surface area contributed by atoms with Gasteiger partial charge in [0, 0.05) is 0 Å². The molecule has 1 saturated carbocycles. The van der Waals surface area contributed by atoms with Crippen LogP contribution in [0.2, 0.25) is 0 Å². The van der Waals surface area contributed by atoms with Crippen LogP contribution < -0.4 is 0 Å². The summed E-state index contributed by atoms with van der Waals surface area (Å²) in [5, 5.41) is 9.69. The van der Waals surface area contributed by atoms with E-state index in [1.54, 1.807) is 0 Å². The first-order valence-electron chi connectivity index (χ1n) is 6.44. The normalized spacial score (nSPS) is 23.4. The maximum Gasteiger partial charge on any atom is 0.416 e. The lowest BCUT2D eigenvalue weighted by Gasteiger charge is -2.27. The van der Waals surface area contributed by atoms with Gasteiger partial charge in [0.2, 0.25) is 0 Å². The van der Waals surface area contributed by atoms with Crippen LogP contribution in [0.5, 0.6) is 0 Å². The molecule has 3 nitrogen and oxygen atoms in total. The fourth-order valence-corrected chi connectivity index (χ4v) is 2.22. The van der Waals surface area contributed by atoms with Crippen LogP contribution in [-0.2, 0) is 10.9 Å². The second-order valence-corrected chi connectivity index (χ2v) is 4.87. The maximum atomic E-state index is 12.4. The highest BCUT2D eigenvalue weighted by atomic mass is 19.4. The Morgan fingerprint density at radius 1 is 1.15 bits per heavy atom. The second-order valence-electron chi connectivity index (χ2n) is 4.87. The lowest BCUT2D eigenvalue weighted by molar-refractivity contribution is -0.137. The number of hydrogen-bond donors (Lipinski definition) is 1. The zero-order chi connectivity index (χ0) is 14.8. The molecule has 6 heteroatoms.